The molecular weight excluding hydrogens is 340 g/mol. The maximum absolute atomic E-state index is 11.8. The number of aromatic amines is 1. The smallest absolute Gasteiger partial charge is 0.333 e. The van der Waals surface area contributed by atoms with Crippen molar-refractivity contribution < 1.29 is 22.7 Å². The lowest BCUT2D eigenvalue weighted by atomic mass is 10.4. The molecule has 0 aliphatic carbocycles. The molecule has 134 valence electrons. The van der Waals surface area contributed by atoms with Gasteiger partial charge in [-0.1, -0.05) is 6.58 Å². The van der Waals surface area contributed by atoms with E-state index in [4.69, 9.17) is 9.47 Å². The zero-order chi connectivity index (χ0) is 18.2. The van der Waals surface area contributed by atoms with E-state index in [-0.39, 0.29) is 43.4 Å². The molecule has 10 heteroatoms. The van der Waals surface area contributed by atoms with E-state index in [1.54, 1.807) is 0 Å². The molecule has 1 heterocycles. The lowest BCUT2D eigenvalue weighted by molar-refractivity contribution is -0.140. The van der Waals surface area contributed by atoms with Gasteiger partial charge in [-0.3, -0.25) is 14.3 Å². The molecule has 1 aromatic heterocycles. The lowest BCUT2D eigenvalue weighted by Crippen LogP contribution is -2.31. The van der Waals surface area contributed by atoms with Gasteiger partial charge in [0.25, 0.3) is 5.56 Å². The molecular formula is C14H20N2O7S. The number of hydrogen-bond donors (Lipinski definition) is 1. The SMILES string of the molecule is C=C(C)C(=O)OCCOCCS(=O)(=O)CCn1ccc(=O)[nH]c1=O. The number of aryl methyl sites for hydroxylation is 1. The summed E-state index contributed by atoms with van der Waals surface area (Å²) in [7, 11) is -3.42. The van der Waals surface area contributed by atoms with Gasteiger partial charge in [-0.15, -0.1) is 0 Å². The molecule has 0 saturated carbocycles. The number of hydrogen-bond acceptors (Lipinski definition) is 7. The van der Waals surface area contributed by atoms with E-state index in [1.165, 1.54) is 13.1 Å². The predicted molar refractivity (Wildman–Crippen MR) is 86.6 cm³/mol. The van der Waals surface area contributed by atoms with Crippen molar-refractivity contribution in [1.82, 2.24) is 9.55 Å². The van der Waals surface area contributed by atoms with Crippen LogP contribution in [0.25, 0.3) is 0 Å². The minimum Gasteiger partial charge on any atom is -0.460 e. The molecule has 0 aliphatic heterocycles. The summed E-state index contributed by atoms with van der Waals surface area (Å²) in [6.07, 6.45) is 1.24. The lowest BCUT2D eigenvalue weighted by Gasteiger charge is -2.08. The van der Waals surface area contributed by atoms with E-state index in [0.29, 0.717) is 0 Å². The van der Waals surface area contributed by atoms with E-state index in [1.807, 2.05) is 4.98 Å². The Labute approximate surface area is 138 Å². The van der Waals surface area contributed by atoms with Crippen LogP contribution in [0.5, 0.6) is 0 Å². The molecule has 1 rings (SSSR count). The Hall–Kier alpha value is -2.20. The second-order valence-electron chi connectivity index (χ2n) is 4.98. The Morgan fingerprint density at radius 2 is 1.96 bits per heavy atom. The second-order valence-corrected chi connectivity index (χ2v) is 7.29. The van der Waals surface area contributed by atoms with Crippen molar-refractivity contribution in [2.75, 3.05) is 31.3 Å². The average molecular weight is 360 g/mol. The van der Waals surface area contributed by atoms with E-state index >= 15 is 0 Å². The number of ether oxygens (including phenoxy) is 2. The number of H-pyrrole nitrogens is 1. The van der Waals surface area contributed by atoms with Gasteiger partial charge in [0.05, 0.1) is 24.7 Å². The number of nitrogens with one attached hydrogen (secondary N) is 1. The summed E-state index contributed by atoms with van der Waals surface area (Å²) < 4.78 is 34.7. The Balaban J connectivity index is 2.29. The zero-order valence-corrected chi connectivity index (χ0v) is 14.1. The van der Waals surface area contributed by atoms with Gasteiger partial charge in [-0.25, -0.2) is 18.0 Å². The first kappa shape index (κ1) is 19.8. The van der Waals surface area contributed by atoms with Crippen molar-refractivity contribution in [3.8, 4) is 0 Å². The van der Waals surface area contributed by atoms with Crippen LogP contribution in [-0.4, -0.2) is 55.3 Å². The monoisotopic (exact) mass is 360 g/mol. The number of sulfone groups is 1. The van der Waals surface area contributed by atoms with Crippen LogP contribution in [0.2, 0.25) is 0 Å². The van der Waals surface area contributed by atoms with E-state index in [0.717, 1.165) is 10.6 Å². The molecule has 0 bridgehead atoms. The van der Waals surface area contributed by atoms with Crippen LogP contribution in [0.1, 0.15) is 6.92 Å². The van der Waals surface area contributed by atoms with Crippen molar-refractivity contribution in [2.24, 2.45) is 0 Å². The summed E-state index contributed by atoms with van der Waals surface area (Å²) in [5.74, 6) is -1.01. The van der Waals surface area contributed by atoms with Crippen molar-refractivity contribution >= 4 is 15.8 Å². The first-order chi connectivity index (χ1) is 11.2. The largest absolute Gasteiger partial charge is 0.460 e. The van der Waals surface area contributed by atoms with Crippen molar-refractivity contribution in [3.63, 3.8) is 0 Å². The van der Waals surface area contributed by atoms with Gasteiger partial charge in [0.15, 0.2) is 9.84 Å². The highest BCUT2D eigenvalue weighted by Crippen LogP contribution is 1.95. The summed E-state index contributed by atoms with van der Waals surface area (Å²) in [5, 5.41) is 0. The van der Waals surface area contributed by atoms with Crippen LogP contribution in [0, 0.1) is 0 Å². The Bertz CT molecular complexity index is 792. The fraction of sp³-hybridized carbons (Fsp3) is 0.500. The molecule has 0 spiro atoms. The maximum atomic E-state index is 11.8. The first-order valence-electron chi connectivity index (χ1n) is 7.12. The molecule has 1 N–H and O–H groups in total. The van der Waals surface area contributed by atoms with Crippen LogP contribution in [0.3, 0.4) is 0 Å². The summed E-state index contributed by atoms with van der Waals surface area (Å²) in [5.41, 5.74) is -0.928. The van der Waals surface area contributed by atoms with E-state index < -0.39 is 27.1 Å². The van der Waals surface area contributed by atoms with Crippen LogP contribution in [-0.2, 0) is 30.7 Å². The molecule has 0 unspecified atom stereocenters. The zero-order valence-electron chi connectivity index (χ0n) is 13.3. The third-order valence-corrected chi connectivity index (χ3v) is 4.48. The van der Waals surface area contributed by atoms with Gasteiger partial charge in [0, 0.05) is 24.4 Å². The number of esters is 1. The van der Waals surface area contributed by atoms with Gasteiger partial charge in [0.1, 0.15) is 6.61 Å². The summed E-state index contributed by atoms with van der Waals surface area (Å²) in [6.45, 7) is 4.92. The van der Waals surface area contributed by atoms with Crippen molar-refractivity contribution in [3.05, 3.63) is 45.3 Å². The summed E-state index contributed by atoms with van der Waals surface area (Å²) in [4.78, 5) is 35.5. The molecule has 0 atom stereocenters. The standard InChI is InChI=1S/C14H20N2O7S/c1-11(2)13(18)23-7-6-22-8-10-24(20,21)9-5-16-4-3-12(17)15-14(16)19/h3-4H,1,5-10H2,2H3,(H,15,17,19). The van der Waals surface area contributed by atoms with Gasteiger partial charge in [-0.05, 0) is 6.92 Å². The molecule has 0 amide bonds. The highest BCUT2D eigenvalue weighted by atomic mass is 32.2. The maximum Gasteiger partial charge on any atom is 0.333 e. The highest BCUT2D eigenvalue weighted by molar-refractivity contribution is 7.91. The number of rotatable bonds is 10. The minimum absolute atomic E-state index is 0.0124. The summed E-state index contributed by atoms with van der Waals surface area (Å²) >= 11 is 0. The number of carbonyl (C=O) groups is 1. The number of nitrogens with zero attached hydrogens (tertiary/aromatic N) is 1. The van der Waals surface area contributed by atoms with Crippen LogP contribution in [0.4, 0.5) is 0 Å². The molecule has 9 nitrogen and oxygen atoms in total. The Morgan fingerprint density at radius 3 is 2.58 bits per heavy atom. The highest BCUT2D eigenvalue weighted by Gasteiger charge is 2.12. The van der Waals surface area contributed by atoms with Crippen LogP contribution in [0.15, 0.2) is 34.0 Å². The van der Waals surface area contributed by atoms with Crippen LogP contribution < -0.4 is 11.2 Å². The molecule has 1 aromatic rings. The quantitative estimate of drug-likeness (QED) is 0.325. The third kappa shape index (κ3) is 7.38. The first-order valence-corrected chi connectivity index (χ1v) is 8.94. The van der Waals surface area contributed by atoms with Gasteiger partial charge < -0.3 is 9.47 Å². The third-order valence-electron chi connectivity index (χ3n) is 2.89. The van der Waals surface area contributed by atoms with Gasteiger partial charge in [-0.2, -0.15) is 0 Å². The second kappa shape index (κ2) is 9.18. The van der Waals surface area contributed by atoms with Crippen molar-refractivity contribution in [1.29, 1.82) is 0 Å². The predicted octanol–water partition coefficient (Wildman–Crippen LogP) is -0.913. The molecule has 0 fully saturated rings. The number of carbonyl (C=O) groups excluding carboxylic acids is 1. The average Bonchev–Trinajstić information content (AvgIpc) is 2.49. The van der Waals surface area contributed by atoms with E-state index in [2.05, 4.69) is 6.58 Å². The van der Waals surface area contributed by atoms with Gasteiger partial charge >= 0.3 is 11.7 Å². The molecule has 0 radical (unpaired) electrons. The van der Waals surface area contributed by atoms with Crippen LogP contribution >= 0.6 is 0 Å². The molecule has 0 aromatic carbocycles. The molecule has 0 aliphatic rings. The minimum atomic E-state index is -3.42. The fourth-order valence-corrected chi connectivity index (χ4v) is 2.62. The Morgan fingerprint density at radius 1 is 1.25 bits per heavy atom. The Kier molecular flexibility index (Phi) is 7.59. The molecule has 0 saturated heterocycles. The summed E-state index contributed by atoms with van der Waals surface area (Å²) in [6, 6.07) is 1.14. The topological polar surface area (TPSA) is 125 Å². The number of aromatic nitrogens is 2. The fourth-order valence-electron chi connectivity index (χ4n) is 1.56. The van der Waals surface area contributed by atoms with E-state index in [9.17, 15) is 22.8 Å². The normalized spacial score (nSPS) is 11.2. The van der Waals surface area contributed by atoms with Crippen molar-refractivity contribution in [2.45, 2.75) is 13.5 Å². The van der Waals surface area contributed by atoms with Gasteiger partial charge in [0.2, 0.25) is 0 Å². The molecule has 24 heavy (non-hydrogen) atoms.